The standard InChI is InChI=1S/C15H22ClN3O/c1-3-5-11(6-4-2)15(20)19-8-7-13-12(10-19)9-14(16)18-17-13/h9,11H,3-8,10H2,1-2H3. The van der Waals surface area contributed by atoms with E-state index >= 15 is 0 Å². The molecule has 0 radical (unpaired) electrons. The van der Waals surface area contributed by atoms with Gasteiger partial charge in [-0.3, -0.25) is 4.79 Å². The van der Waals surface area contributed by atoms with E-state index in [1.807, 2.05) is 11.0 Å². The highest BCUT2D eigenvalue weighted by atomic mass is 35.5. The van der Waals surface area contributed by atoms with Gasteiger partial charge in [-0.1, -0.05) is 38.3 Å². The lowest BCUT2D eigenvalue weighted by Crippen LogP contribution is -2.40. The fraction of sp³-hybridized carbons (Fsp3) is 0.667. The number of hydrogen-bond donors (Lipinski definition) is 0. The van der Waals surface area contributed by atoms with E-state index in [9.17, 15) is 4.79 Å². The van der Waals surface area contributed by atoms with Gasteiger partial charge in [0.05, 0.1) is 5.69 Å². The van der Waals surface area contributed by atoms with Crippen molar-refractivity contribution in [3.05, 3.63) is 22.5 Å². The van der Waals surface area contributed by atoms with Gasteiger partial charge in [0.25, 0.3) is 0 Å². The molecule has 110 valence electrons. The zero-order valence-corrected chi connectivity index (χ0v) is 13.0. The molecule has 4 nitrogen and oxygen atoms in total. The molecule has 1 amide bonds. The normalized spacial score (nSPS) is 14.5. The Morgan fingerprint density at radius 1 is 1.35 bits per heavy atom. The number of hydrogen-bond acceptors (Lipinski definition) is 3. The zero-order chi connectivity index (χ0) is 14.5. The van der Waals surface area contributed by atoms with Crippen LogP contribution in [0, 0.1) is 5.92 Å². The molecule has 0 aromatic carbocycles. The Hall–Kier alpha value is -1.16. The quantitative estimate of drug-likeness (QED) is 0.838. The molecule has 0 N–H and O–H groups in total. The van der Waals surface area contributed by atoms with Gasteiger partial charge in [0.15, 0.2) is 5.15 Å². The number of fused-ring (bicyclic) bond motifs is 1. The topological polar surface area (TPSA) is 46.1 Å². The van der Waals surface area contributed by atoms with E-state index < -0.39 is 0 Å². The summed E-state index contributed by atoms with van der Waals surface area (Å²) >= 11 is 5.89. The first-order chi connectivity index (χ1) is 9.65. The third kappa shape index (κ3) is 3.48. The van der Waals surface area contributed by atoms with Crippen LogP contribution in [0.5, 0.6) is 0 Å². The van der Waals surface area contributed by atoms with Crippen LogP contribution in [0.15, 0.2) is 6.07 Å². The summed E-state index contributed by atoms with van der Waals surface area (Å²) in [6.45, 7) is 5.63. The maximum absolute atomic E-state index is 12.6. The van der Waals surface area contributed by atoms with E-state index in [0.29, 0.717) is 11.7 Å². The first kappa shape index (κ1) is 15.2. The third-order valence-corrected chi connectivity index (χ3v) is 4.03. The van der Waals surface area contributed by atoms with E-state index in [2.05, 4.69) is 24.0 Å². The fourth-order valence-corrected chi connectivity index (χ4v) is 3.01. The van der Waals surface area contributed by atoms with Crippen LogP contribution >= 0.6 is 11.6 Å². The summed E-state index contributed by atoms with van der Waals surface area (Å²) in [7, 11) is 0. The van der Waals surface area contributed by atoms with E-state index in [0.717, 1.165) is 49.9 Å². The second-order valence-corrected chi connectivity index (χ2v) is 5.81. The molecule has 0 fully saturated rings. The molecule has 1 aliphatic heterocycles. The maximum Gasteiger partial charge on any atom is 0.225 e. The predicted octanol–water partition coefficient (Wildman–Crippen LogP) is 3.23. The first-order valence-electron chi connectivity index (χ1n) is 7.45. The molecule has 1 aromatic heterocycles. The van der Waals surface area contributed by atoms with E-state index in [1.54, 1.807) is 0 Å². The zero-order valence-electron chi connectivity index (χ0n) is 12.2. The van der Waals surface area contributed by atoms with Gasteiger partial charge < -0.3 is 4.90 Å². The number of carbonyl (C=O) groups is 1. The summed E-state index contributed by atoms with van der Waals surface area (Å²) in [5.74, 6) is 0.448. The molecule has 1 aliphatic rings. The summed E-state index contributed by atoms with van der Waals surface area (Å²) in [6, 6.07) is 1.83. The van der Waals surface area contributed by atoms with Crippen LogP contribution in [0.3, 0.4) is 0 Å². The minimum absolute atomic E-state index is 0.164. The molecular formula is C15H22ClN3O. The van der Waals surface area contributed by atoms with Gasteiger partial charge in [0.2, 0.25) is 5.91 Å². The van der Waals surface area contributed by atoms with Gasteiger partial charge in [-0.25, -0.2) is 0 Å². The van der Waals surface area contributed by atoms with E-state index in [1.165, 1.54) is 0 Å². The summed E-state index contributed by atoms with van der Waals surface area (Å²) < 4.78 is 0. The van der Waals surface area contributed by atoms with Crippen molar-refractivity contribution in [1.29, 1.82) is 0 Å². The van der Waals surface area contributed by atoms with Crippen LogP contribution in [0.1, 0.15) is 50.8 Å². The summed E-state index contributed by atoms with van der Waals surface area (Å²) in [6.07, 6.45) is 4.84. The number of rotatable bonds is 5. The van der Waals surface area contributed by atoms with Crippen LogP contribution in [-0.4, -0.2) is 27.5 Å². The van der Waals surface area contributed by atoms with Crippen LogP contribution < -0.4 is 0 Å². The van der Waals surface area contributed by atoms with Crippen LogP contribution in [0.25, 0.3) is 0 Å². The SMILES string of the molecule is CCCC(CCC)C(=O)N1CCc2nnc(Cl)cc2C1. The largest absolute Gasteiger partial charge is 0.338 e. The molecule has 20 heavy (non-hydrogen) atoms. The Bertz CT molecular complexity index is 472. The number of halogens is 1. The lowest BCUT2D eigenvalue weighted by Gasteiger charge is -2.31. The molecular weight excluding hydrogens is 274 g/mol. The van der Waals surface area contributed by atoms with Crippen molar-refractivity contribution in [3.8, 4) is 0 Å². The molecule has 2 heterocycles. The number of nitrogens with zero attached hydrogens (tertiary/aromatic N) is 3. The van der Waals surface area contributed by atoms with Crippen molar-refractivity contribution < 1.29 is 4.79 Å². The molecule has 0 aliphatic carbocycles. The molecule has 2 rings (SSSR count). The van der Waals surface area contributed by atoms with Gasteiger partial charge in [-0.2, -0.15) is 5.10 Å². The van der Waals surface area contributed by atoms with Crippen molar-refractivity contribution in [2.75, 3.05) is 6.54 Å². The van der Waals surface area contributed by atoms with Crippen LogP contribution in [0.2, 0.25) is 5.15 Å². The molecule has 5 heteroatoms. The highest BCUT2D eigenvalue weighted by Crippen LogP contribution is 2.23. The van der Waals surface area contributed by atoms with E-state index in [-0.39, 0.29) is 11.8 Å². The molecule has 0 bridgehead atoms. The van der Waals surface area contributed by atoms with Gasteiger partial charge >= 0.3 is 0 Å². The first-order valence-corrected chi connectivity index (χ1v) is 7.83. The van der Waals surface area contributed by atoms with Crippen molar-refractivity contribution in [2.24, 2.45) is 5.92 Å². The van der Waals surface area contributed by atoms with Crippen molar-refractivity contribution in [3.63, 3.8) is 0 Å². The second-order valence-electron chi connectivity index (χ2n) is 5.42. The molecule has 0 saturated carbocycles. The summed E-state index contributed by atoms with van der Waals surface area (Å²) in [5, 5.41) is 8.38. The minimum Gasteiger partial charge on any atom is -0.338 e. The highest BCUT2D eigenvalue weighted by Gasteiger charge is 2.27. The number of aromatic nitrogens is 2. The molecule has 0 saturated heterocycles. The van der Waals surface area contributed by atoms with Crippen molar-refractivity contribution in [1.82, 2.24) is 15.1 Å². The Kier molecular flexibility index (Phi) is 5.35. The predicted molar refractivity (Wildman–Crippen MR) is 79.5 cm³/mol. The average molecular weight is 296 g/mol. The molecule has 0 atom stereocenters. The highest BCUT2D eigenvalue weighted by molar-refractivity contribution is 6.29. The van der Waals surface area contributed by atoms with Crippen molar-refractivity contribution in [2.45, 2.75) is 52.5 Å². The Morgan fingerprint density at radius 2 is 2.05 bits per heavy atom. The lowest BCUT2D eigenvalue weighted by atomic mass is 9.95. The average Bonchev–Trinajstić information content (AvgIpc) is 2.45. The lowest BCUT2D eigenvalue weighted by molar-refractivity contribution is -0.137. The summed E-state index contributed by atoms with van der Waals surface area (Å²) in [5.41, 5.74) is 2.01. The van der Waals surface area contributed by atoms with Gasteiger partial charge in [-0.05, 0) is 24.5 Å². The van der Waals surface area contributed by atoms with Crippen LogP contribution in [-0.2, 0) is 17.8 Å². The summed E-state index contributed by atoms with van der Waals surface area (Å²) in [4.78, 5) is 14.6. The minimum atomic E-state index is 0.164. The van der Waals surface area contributed by atoms with Gasteiger partial charge in [0.1, 0.15) is 0 Å². The van der Waals surface area contributed by atoms with E-state index in [4.69, 9.17) is 11.6 Å². The maximum atomic E-state index is 12.6. The van der Waals surface area contributed by atoms with Gasteiger partial charge in [0, 0.05) is 25.4 Å². The Morgan fingerprint density at radius 3 is 2.70 bits per heavy atom. The smallest absolute Gasteiger partial charge is 0.225 e. The molecule has 0 unspecified atom stereocenters. The Balaban J connectivity index is 2.08. The van der Waals surface area contributed by atoms with Gasteiger partial charge in [-0.15, -0.1) is 5.10 Å². The monoisotopic (exact) mass is 295 g/mol. The number of carbonyl (C=O) groups excluding carboxylic acids is 1. The molecule has 1 aromatic rings. The van der Waals surface area contributed by atoms with Crippen LogP contribution in [0.4, 0.5) is 0 Å². The fourth-order valence-electron chi connectivity index (χ4n) is 2.84. The number of amides is 1. The Labute approximate surface area is 125 Å². The third-order valence-electron chi connectivity index (χ3n) is 3.85. The van der Waals surface area contributed by atoms with Crippen molar-refractivity contribution >= 4 is 17.5 Å². The molecule has 0 spiro atoms. The second kappa shape index (κ2) is 7.02.